The molecule has 4 nitrogen and oxygen atoms in total. The van der Waals surface area contributed by atoms with Crippen LogP contribution in [0.2, 0.25) is 0 Å². The van der Waals surface area contributed by atoms with E-state index in [1.807, 2.05) is 6.92 Å². The van der Waals surface area contributed by atoms with Crippen LogP contribution in [0, 0.1) is 6.92 Å². The molecule has 0 bridgehead atoms. The molecule has 0 aliphatic rings. The first kappa shape index (κ1) is 10.7. The highest BCUT2D eigenvalue weighted by molar-refractivity contribution is 7.89. The number of benzene rings is 1. The summed E-state index contributed by atoms with van der Waals surface area (Å²) in [6.45, 7) is 1.86. The largest absolute Gasteiger partial charge is 0.278 e. The van der Waals surface area contributed by atoms with Crippen LogP contribution in [-0.4, -0.2) is 26.2 Å². The predicted octanol–water partition coefficient (Wildman–Crippen LogP) is 0.772. The topological polar surface area (TPSA) is 54.5 Å². The van der Waals surface area contributed by atoms with Gasteiger partial charge in [-0.3, -0.25) is 4.79 Å². The molecule has 0 unspecified atom stereocenters. The molecular formula is C9H11NO3S. The van der Waals surface area contributed by atoms with Crippen molar-refractivity contribution < 1.29 is 13.2 Å². The van der Waals surface area contributed by atoms with Crippen molar-refractivity contribution in [2.24, 2.45) is 0 Å². The number of sulfonamides is 1. The summed E-state index contributed by atoms with van der Waals surface area (Å²) in [5, 5.41) is 0. The maximum absolute atomic E-state index is 11.6. The number of rotatable bonds is 3. The van der Waals surface area contributed by atoms with Crippen molar-refractivity contribution in [2.75, 3.05) is 7.05 Å². The first-order valence-electron chi connectivity index (χ1n) is 3.98. The van der Waals surface area contributed by atoms with E-state index >= 15 is 0 Å². The van der Waals surface area contributed by atoms with E-state index in [0.717, 1.165) is 5.56 Å². The zero-order valence-electron chi connectivity index (χ0n) is 7.97. The van der Waals surface area contributed by atoms with Crippen LogP contribution in [-0.2, 0) is 14.8 Å². The molecule has 76 valence electrons. The summed E-state index contributed by atoms with van der Waals surface area (Å²) in [7, 11) is -2.43. The highest BCUT2D eigenvalue weighted by Crippen LogP contribution is 2.13. The molecule has 0 atom stereocenters. The second-order valence-electron chi connectivity index (χ2n) is 2.94. The number of aryl methyl sites for hydroxylation is 1. The molecule has 0 saturated carbocycles. The van der Waals surface area contributed by atoms with Crippen LogP contribution in [0.3, 0.4) is 0 Å². The standard InChI is InChI=1S/C9H11NO3S/c1-8-3-5-9(6-4-8)14(12,13)10(2)7-11/h3-7H,1-2H3. The molecule has 1 rings (SSSR count). The van der Waals surface area contributed by atoms with Gasteiger partial charge in [0.25, 0.3) is 10.0 Å². The SMILES string of the molecule is Cc1ccc(S(=O)(=O)N(C)C=O)cc1. The van der Waals surface area contributed by atoms with Gasteiger partial charge in [0.2, 0.25) is 6.41 Å². The van der Waals surface area contributed by atoms with E-state index in [4.69, 9.17) is 0 Å². The molecule has 0 aromatic heterocycles. The minimum Gasteiger partial charge on any atom is -0.278 e. The molecule has 1 aromatic carbocycles. The fraction of sp³-hybridized carbons (Fsp3) is 0.222. The van der Waals surface area contributed by atoms with Gasteiger partial charge in [-0.15, -0.1) is 0 Å². The van der Waals surface area contributed by atoms with Gasteiger partial charge >= 0.3 is 0 Å². The summed E-state index contributed by atoms with van der Waals surface area (Å²) < 4.78 is 23.8. The van der Waals surface area contributed by atoms with Crippen molar-refractivity contribution in [1.29, 1.82) is 0 Å². The Morgan fingerprint density at radius 3 is 2.14 bits per heavy atom. The molecule has 0 aliphatic heterocycles. The van der Waals surface area contributed by atoms with Gasteiger partial charge in [-0.1, -0.05) is 17.7 Å². The minimum atomic E-state index is -3.64. The molecule has 5 heteroatoms. The molecular weight excluding hydrogens is 202 g/mol. The van der Waals surface area contributed by atoms with E-state index in [2.05, 4.69) is 0 Å². The average molecular weight is 213 g/mol. The molecule has 0 heterocycles. The van der Waals surface area contributed by atoms with E-state index < -0.39 is 10.0 Å². The van der Waals surface area contributed by atoms with Crippen molar-refractivity contribution in [2.45, 2.75) is 11.8 Å². The molecule has 0 radical (unpaired) electrons. The third kappa shape index (κ3) is 1.93. The van der Waals surface area contributed by atoms with Crippen LogP contribution in [0.1, 0.15) is 5.56 Å². The molecule has 0 N–H and O–H groups in total. The molecule has 0 spiro atoms. The van der Waals surface area contributed by atoms with Gasteiger partial charge in [0, 0.05) is 7.05 Å². The van der Waals surface area contributed by atoms with Crippen LogP contribution in [0.15, 0.2) is 29.2 Å². The van der Waals surface area contributed by atoms with Crippen molar-refractivity contribution in [3.63, 3.8) is 0 Å². The summed E-state index contributed by atoms with van der Waals surface area (Å²) in [6, 6.07) is 6.33. The Morgan fingerprint density at radius 2 is 1.71 bits per heavy atom. The zero-order chi connectivity index (χ0) is 10.8. The molecule has 0 fully saturated rings. The minimum absolute atomic E-state index is 0.123. The lowest BCUT2D eigenvalue weighted by molar-refractivity contribution is -0.113. The Hall–Kier alpha value is -1.36. The molecule has 0 saturated heterocycles. The van der Waals surface area contributed by atoms with Gasteiger partial charge in [-0.2, -0.15) is 0 Å². The van der Waals surface area contributed by atoms with Gasteiger partial charge in [-0.25, -0.2) is 12.7 Å². The third-order valence-corrected chi connectivity index (χ3v) is 3.56. The second kappa shape index (κ2) is 3.79. The number of carbonyl (C=O) groups excluding carboxylic acids is 1. The summed E-state index contributed by atoms with van der Waals surface area (Å²) >= 11 is 0. The van der Waals surface area contributed by atoms with Crippen molar-refractivity contribution >= 4 is 16.4 Å². The first-order valence-corrected chi connectivity index (χ1v) is 5.42. The summed E-state index contributed by atoms with van der Waals surface area (Å²) in [5.41, 5.74) is 0.970. The Balaban J connectivity index is 3.17. The van der Waals surface area contributed by atoms with E-state index in [1.165, 1.54) is 19.2 Å². The van der Waals surface area contributed by atoms with Crippen molar-refractivity contribution in [1.82, 2.24) is 4.31 Å². The number of amides is 1. The number of carbonyl (C=O) groups is 1. The van der Waals surface area contributed by atoms with Gasteiger partial charge in [0.05, 0.1) is 4.90 Å². The number of hydrogen-bond acceptors (Lipinski definition) is 3. The lowest BCUT2D eigenvalue weighted by atomic mass is 10.2. The zero-order valence-corrected chi connectivity index (χ0v) is 8.78. The van der Waals surface area contributed by atoms with Crippen molar-refractivity contribution in [3.8, 4) is 0 Å². The predicted molar refractivity (Wildman–Crippen MR) is 52.2 cm³/mol. The number of nitrogens with zero attached hydrogens (tertiary/aromatic N) is 1. The smallest absolute Gasteiger partial charge is 0.266 e. The molecule has 14 heavy (non-hydrogen) atoms. The molecule has 1 amide bonds. The van der Waals surface area contributed by atoms with Gasteiger partial charge in [0.15, 0.2) is 0 Å². The summed E-state index contributed by atoms with van der Waals surface area (Å²) in [4.78, 5) is 10.5. The van der Waals surface area contributed by atoms with E-state index in [0.29, 0.717) is 4.31 Å². The van der Waals surface area contributed by atoms with E-state index in [1.54, 1.807) is 12.1 Å². The van der Waals surface area contributed by atoms with Crippen LogP contribution in [0.25, 0.3) is 0 Å². The van der Waals surface area contributed by atoms with Crippen LogP contribution >= 0.6 is 0 Å². The highest BCUT2D eigenvalue weighted by Gasteiger charge is 2.18. The Labute approximate surface area is 83.2 Å². The first-order chi connectivity index (χ1) is 6.48. The Morgan fingerprint density at radius 1 is 1.21 bits per heavy atom. The fourth-order valence-electron chi connectivity index (χ4n) is 0.933. The van der Waals surface area contributed by atoms with Crippen LogP contribution < -0.4 is 0 Å². The Bertz CT molecular complexity index is 422. The lowest BCUT2D eigenvalue weighted by Crippen LogP contribution is -2.25. The van der Waals surface area contributed by atoms with E-state index in [9.17, 15) is 13.2 Å². The monoisotopic (exact) mass is 213 g/mol. The van der Waals surface area contributed by atoms with Gasteiger partial charge < -0.3 is 0 Å². The third-order valence-electron chi connectivity index (χ3n) is 1.85. The fourth-order valence-corrected chi connectivity index (χ4v) is 1.86. The normalized spacial score (nSPS) is 11.0. The molecule has 1 aromatic rings. The van der Waals surface area contributed by atoms with Crippen LogP contribution in [0.5, 0.6) is 0 Å². The highest BCUT2D eigenvalue weighted by atomic mass is 32.2. The maximum Gasteiger partial charge on any atom is 0.266 e. The lowest BCUT2D eigenvalue weighted by Gasteiger charge is -2.11. The Kier molecular flexibility index (Phi) is 2.90. The maximum atomic E-state index is 11.6. The summed E-state index contributed by atoms with van der Waals surface area (Å²) in [5.74, 6) is 0. The average Bonchev–Trinajstić information content (AvgIpc) is 2.17. The van der Waals surface area contributed by atoms with Gasteiger partial charge in [-0.05, 0) is 19.1 Å². The van der Waals surface area contributed by atoms with Gasteiger partial charge in [0.1, 0.15) is 0 Å². The molecule has 0 aliphatic carbocycles. The van der Waals surface area contributed by atoms with Crippen molar-refractivity contribution in [3.05, 3.63) is 29.8 Å². The van der Waals surface area contributed by atoms with E-state index in [-0.39, 0.29) is 11.3 Å². The second-order valence-corrected chi connectivity index (χ2v) is 4.94. The number of hydrogen-bond donors (Lipinski definition) is 0. The van der Waals surface area contributed by atoms with Crippen LogP contribution in [0.4, 0.5) is 0 Å². The summed E-state index contributed by atoms with van der Waals surface area (Å²) in [6.07, 6.45) is 0.273. The quantitative estimate of drug-likeness (QED) is 0.697.